The van der Waals surface area contributed by atoms with Crippen LogP contribution in [-0.2, 0) is 32.0 Å². The molecule has 0 spiro atoms. The van der Waals surface area contributed by atoms with Crippen molar-refractivity contribution >= 4 is 17.9 Å². The van der Waals surface area contributed by atoms with Crippen molar-refractivity contribution in [3.63, 3.8) is 0 Å². The van der Waals surface area contributed by atoms with E-state index in [4.69, 9.17) is 14.2 Å². The van der Waals surface area contributed by atoms with Gasteiger partial charge in [-0.05, 0) is 93.2 Å². The van der Waals surface area contributed by atoms with Crippen molar-refractivity contribution in [1.82, 2.24) is 0 Å². The van der Waals surface area contributed by atoms with Gasteiger partial charge in [0, 0.05) is 6.08 Å². The van der Waals surface area contributed by atoms with Gasteiger partial charge in [-0.15, -0.1) is 0 Å². The molecule has 2 aromatic rings. The number of ether oxygens (including phenoxy) is 3. The van der Waals surface area contributed by atoms with E-state index in [1.54, 1.807) is 0 Å². The smallest absolute Gasteiger partial charge is 0.330 e. The molecule has 0 N–H and O–H groups in total. The molecule has 1 aliphatic carbocycles. The SMILES string of the molecule is C=CC(=O)OCCCCCCCCCCCc1ccc(OC(=O)C2CCC(C(=O)Oc3ccc(CCCCCC)cc3)CC2)cc1. The second kappa shape index (κ2) is 22.2. The van der Waals surface area contributed by atoms with Crippen molar-refractivity contribution in [2.45, 2.75) is 129 Å². The Morgan fingerprint density at radius 3 is 1.41 bits per heavy atom. The number of aryl methyl sites for hydroxylation is 2. The highest BCUT2D eigenvalue weighted by atomic mass is 16.5. The normalized spacial score (nSPS) is 16.0. The number of hydrogen-bond acceptors (Lipinski definition) is 6. The molecule has 0 heterocycles. The maximum Gasteiger partial charge on any atom is 0.330 e. The van der Waals surface area contributed by atoms with Crippen LogP contribution in [0.4, 0.5) is 0 Å². The first kappa shape index (κ1) is 37.1. The number of rotatable bonds is 22. The third-order valence-corrected chi connectivity index (χ3v) is 9.02. The monoisotopic (exact) mass is 632 g/mol. The fourth-order valence-electron chi connectivity index (χ4n) is 6.07. The fraction of sp³-hybridized carbons (Fsp3) is 0.575. The molecular weight excluding hydrogens is 576 g/mol. The van der Waals surface area contributed by atoms with Crippen LogP contribution < -0.4 is 9.47 Å². The lowest BCUT2D eigenvalue weighted by Gasteiger charge is -2.25. The van der Waals surface area contributed by atoms with Crippen LogP contribution in [0.3, 0.4) is 0 Å². The van der Waals surface area contributed by atoms with Gasteiger partial charge in [0.25, 0.3) is 0 Å². The van der Waals surface area contributed by atoms with E-state index in [9.17, 15) is 14.4 Å². The van der Waals surface area contributed by atoms with Crippen LogP contribution in [0.1, 0.15) is 127 Å². The molecule has 0 atom stereocenters. The Hall–Kier alpha value is -3.41. The van der Waals surface area contributed by atoms with E-state index in [-0.39, 0.29) is 29.7 Å². The van der Waals surface area contributed by atoms with Crippen LogP contribution >= 0.6 is 0 Å². The lowest BCUT2D eigenvalue weighted by atomic mass is 9.82. The van der Waals surface area contributed by atoms with Crippen LogP contribution in [-0.4, -0.2) is 24.5 Å². The summed E-state index contributed by atoms with van der Waals surface area (Å²) in [6, 6.07) is 15.8. The zero-order valence-corrected chi connectivity index (χ0v) is 28.1. The number of hydrogen-bond donors (Lipinski definition) is 0. The molecule has 0 amide bonds. The molecule has 1 saturated carbocycles. The Morgan fingerprint density at radius 1 is 0.609 bits per heavy atom. The third-order valence-electron chi connectivity index (χ3n) is 9.02. The van der Waals surface area contributed by atoms with Gasteiger partial charge < -0.3 is 14.2 Å². The topological polar surface area (TPSA) is 78.9 Å². The summed E-state index contributed by atoms with van der Waals surface area (Å²) in [4.78, 5) is 36.6. The molecule has 0 saturated heterocycles. The van der Waals surface area contributed by atoms with Crippen molar-refractivity contribution in [2.24, 2.45) is 11.8 Å². The minimum atomic E-state index is -0.337. The Bertz CT molecular complexity index is 1160. The van der Waals surface area contributed by atoms with Gasteiger partial charge >= 0.3 is 17.9 Å². The van der Waals surface area contributed by atoms with Gasteiger partial charge in [-0.25, -0.2) is 4.79 Å². The fourth-order valence-corrected chi connectivity index (χ4v) is 6.07. The highest BCUT2D eigenvalue weighted by Gasteiger charge is 2.32. The quantitative estimate of drug-likeness (QED) is 0.0556. The third kappa shape index (κ3) is 14.8. The Kier molecular flexibility index (Phi) is 17.9. The van der Waals surface area contributed by atoms with Crippen LogP contribution in [0, 0.1) is 11.8 Å². The summed E-state index contributed by atoms with van der Waals surface area (Å²) in [6.07, 6.45) is 21.4. The van der Waals surface area contributed by atoms with Crippen molar-refractivity contribution in [3.8, 4) is 11.5 Å². The number of carbonyl (C=O) groups excluding carboxylic acids is 3. The predicted octanol–water partition coefficient (Wildman–Crippen LogP) is 9.91. The minimum absolute atomic E-state index is 0.177. The van der Waals surface area contributed by atoms with E-state index in [0.29, 0.717) is 43.8 Å². The summed E-state index contributed by atoms with van der Waals surface area (Å²) in [6.45, 7) is 6.10. The van der Waals surface area contributed by atoms with E-state index in [2.05, 4.69) is 37.8 Å². The molecule has 1 fully saturated rings. The molecule has 2 aromatic carbocycles. The number of benzene rings is 2. The van der Waals surface area contributed by atoms with Gasteiger partial charge in [0.15, 0.2) is 0 Å². The van der Waals surface area contributed by atoms with Crippen molar-refractivity contribution in [2.75, 3.05) is 6.61 Å². The Balaban J connectivity index is 1.23. The van der Waals surface area contributed by atoms with E-state index in [1.165, 1.54) is 81.4 Å². The van der Waals surface area contributed by atoms with Crippen LogP contribution in [0.25, 0.3) is 0 Å². The van der Waals surface area contributed by atoms with E-state index < -0.39 is 0 Å². The molecule has 0 aromatic heterocycles. The van der Waals surface area contributed by atoms with Crippen LogP contribution in [0.15, 0.2) is 61.2 Å². The summed E-state index contributed by atoms with van der Waals surface area (Å²) >= 11 is 0. The highest BCUT2D eigenvalue weighted by molar-refractivity contribution is 5.81. The number of unbranched alkanes of at least 4 members (excludes halogenated alkanes) is 11. The molecule has 0 bridgehead atoms. The summed E-state index contributed by atoms with van der Waals surface area (Å²) in [5.41, 5.74) is 2.54. The number of carbonyl (C=O) groups is 3. The molecule has 6 nitrogen and oxygen atoms in total. The molecule has 1 aliphatic rings. The summed E-state index contributed by atoms with van der Waals surface area (Å²) in [5.74, 6) is 0.0822. The molecule has 3 rings (SSSR count). The van der Waals surface area contributed by atoms with Gasteiger partial charge in [0.05, 0.1) is 18.4 Å². The van der Waals surface area contributed by atoms with Crippen molar-refractivity contribution in [3.05, 3.63) is 72.3 Å². The second-order valence-electron chi connectivity index (χ2n) is 12.8. The molecule has 46 heavy (non-hydrogen) atoms. The van der Waals surface area contributed by atoms with Gasteiger partial charge in [-0.1, -0.05) is 102 Å². The first-order valence-corrected chi connectivity index (χ1v) is 17.9. The van der Waals surface area contributed by atoms with E-state index in [1.807, 2.05) is 24.3 Å². The molecule has 0 aliphatic heterocycles. The molecule has 0 radical (unpaired) electrons. The lowest BCUT2D eigenvalue weighted by molar-refractivity contribution is -0.145. The van der Waals surface area contributed by atoms with Gasteiger partial charge in [-0.2, -0.15) is 0 Å². The first-order valence-electron chi connectivity index (χ1n) is 17.9. The standard InChI is InChI=1S/C40H56O6/c1-3-5-6-14-17-32-19-27-36(28-20-32)45-39(42)34-23-25-35(26-24-34)40(43)46-37-29-21-33(22-30-37)18-15-12-10-8-7-9-11-13-16-31-44-38(41)4-2/h4,19-22,27-30,34-35H,2-3,5-18,23-26,31H2,1H3. The van der Waals surface area contributed by atoms with E-state index >= 15 is 0 Å². The van der Waals surface area contributed by atoms with Crippen molar-refractivity contribution < 1.29 is 28.6 Å². The summed E-state index contributed by atoms with van der Waals surface area (Å²) < 4.78 is 16.4. The predicted molar refractivity (Wildman–Crippen MR) is 184 cm³/mol. The molecular formula is C40H56O6. The second-order valence-corrected chi connectivity index (χ2v) is 12.8. The highest BCUT2D eigenvalue weighted by Crippen LogP contribution is 2.31. The van der Waals surface area contributed by atoms with Crippen LogP contribution in [0.5, 0.6) is 11.5 Å². The van der Waals surface area contributed by atoms with Crippen molar-refractivity contribution in [1.29, 1.82) is 0 Å². The molecule has 6 heteroatoms. The Labute approximate surface area is 277 Å². The number of esters is 3. The first-order chi connectivity index (χ1) is 22.5. The largest absolute Gasteiger partial charge is 0.463 e. The summed E-state index contributed by atoms with van der Waals surface area (Å²) in [7, 11) is 0. The van der Waals surface area contributed by atoms with Crippen LogP contribution in [0.2, 0.25) is 0 Å². The average molecular weight is 633 g/mol. The van der Waals surface area contributed by atoms with Gasteiger partial charge in [0.2, 0.25) is 0 Å². The molecule has 252 valence electrons. The lowest BCUT2D eigenvalue weighted by Crippen LogP contribution is -2.30. The maximum atomic E-state index is 12.8. The van der Waals surface area contributed by atoms with E-state index in [0.717, 1.165) is 32.1 Å². The zero-order chi connectivity index (χ0) is 32.8. The Morgan fingerprint density at radius 2 is 1.00 bits per heavy atom. The van der Waals surface area contributed by atoms with Gasteiger partial charge in [-0.3, -0.25) is 9.59 Å². The van der Waals surface area contributed by atoms with Gasteiger partial charge in [0.1, 0.15) is 11.5 Å². The zero-order valence-electron chi connectivity index (χ0n) is 28.1. The average Bonchev–Trinajstić information content (AvgIpc) is 3.08. The maximum absolute atomic E-state index is 12.8. The minimum Gasteiger partial charge on any atom is -0.463 e. The molecule has 0 unspecified atom stereocenters. The summed E-state index contributed by atoms with van der Waals surface area (Å²) in [5, 5.41) is 0.